The van der Waals surface area contributed by atoms with Gasteiger partial charge in [-0.05, 0) is 20.3 Å². The van der Waals surface area contributed by atoms with Crippen LogP contribution in [0.25, 0.3) is 0 Å². The highest BCUT2D eigenvalue weighted by molar-refractivity contribution is 6.34. The van der Waals surface area contributed by atoms with Crippen molar-refractivity contribution in [2.45, 2.75) is 33.0 Å². The molecule has 0 radical (unpaired) electrons. The molecule has 0 aromatic carbocycles. The first-order valence-electron chi connectivity index (χ1n) is 7.31. The number of hydrogen-bond donors (Lipinski definition) is 1. The maximum atomic E-state index is 12.9. The number of rotatable bonds is 5. The van der Waals surface area contributed by atoms with Gasteiger partial charge in [0, 0.05) is 20.1 Å². The van der Waals surface area contributed by atoms with Crippen LogP contribution in [0.2, 0.25) is 10.0 Å². The van der Waals surface area contributed by atoms with E-state index in [-0.39, 0.29) is 6.54 Å². The lowest BCUT2D eigenvalue weighted by atomic mass is 10.3. The highest BCUT2D eigenvalue weighted by Crippen LogP contribution is 2.35. The largest absolute Gasteiger partial charge is 0.434 e. The van der Waals surface area contributed by atoms with E-state index in [0.29, 0.717) is 28.4 Å². The Balaban J connectivity index is 1.96. The second-order valence-electron chi connectivity index (χ2n) is 5.45. The fourth-order valence-electron chi connectivity index (χ4n) is 2.36. The number of halogens is 5. The quantitative estimate of drug-likeness (QED) is 0.786. The molecule has 0 unspecified atom stereocenters. The molecule has 2 aromatic heterocycles. The zero-order valence-corrected chi connectivity index (χ0v) is 15.2. The molecule has 0 fully saturated rings. The third kappa shape index (κ3) is 4.09. The van der Waals surface area contributed by atoms with Gasteiger partial charge in [0.15, 0.2) is 11.4 Å². The monoisotopic (exact) mass is 397 g/mol. The molecule has 2 rings (SSSR count). The van der Waals surface area contributed by atoms with Crippen LogP contribution in [0.15, 0.2) is 0 Å². The zero-order valence-electron chi connectivity index (χ0n) is 13.7. The lowest BCUT2D eigenvalue weighted by molar-refractivity contribution is -0.143. The van der Waals surface area contributed by atoms with Crippen LogP contribution in [0.4, 0.5) is 13.2 Å². The van der Waals surface area contributed by atoms with Crippen molar-refractivity contribution < 1.29 is 18.0 Å². The highest BCUT2D eigenvalue weighted by atomic mass is 35.5. The van der Waals surface area contributed by atoms with Crippen LogP contribution in [0.5, 0.6) is 0 Å². The van der Waals surface area contributed by atoms with Crippen LogP contribution in [-0.4, -0.2) is 32.0 Å². The van der Waals surface area contributed by atoms with E-state index in [9.17, 15) is 18.0 Å². The Kier molecular flexibility index (Phi) is 5.68. The zero-order chi connectivity index (χ0) is 18.9. The van der Waals surface area contributed by atoms with Crippen molar-refractivity contribution >= 4 is 29.1 Å². The Bertz CT molecular complexity index is 797. The molecule has 0 saturated heterocycles. The number of nitrogens with one attached hydrogen (secondary N) is 1. The van der Waals surface area contributed by atoms with Gasteiger partial charge < -0.3 is 5.32 Å². The Morgan fingerprint density at radius 1 is 1.20 bits per heavy atom. The molecule has 2 heterocycles. The summed E-state index contributed by atoms with van der Waals surface area (Å²) in [6.07, 6.45) is -4.17. The molecule has 6 nitrogen and oxygen atoms in total. The van der Waals surface area contributed by atoms with E-state index in [4.69, 9.17) is 23.2 Å². The molecule has 0 atom stereocenters. The molecule has 0 aliphatic rings. The van der Waals surface area contributed by atoms with Crippen molar-refractivity contribution in [1.29, 1.82) is 0 Å². The van der Waals surface area contributed by atoms with E-state index in [1.54, 1.807) is 11.6 Å². The third-order valence-corrected chi connectivity index (χ3v) is 4.50. The average molecular weight is 398 g/mol. The van der Waals surface area contributed by atoms with Gasteiger partial charge in [-0.25, -0.2) is 0 Å². The SMILES string of the molecule is Cc1nn(CCCNC(=O)c2nn(C)c(C(F)(F)F)c2Cl)c(C)c1Cl. The lowest BCUT2D eigenvalue weighted by Crippen LogP contribution is -2.26. The summed E-state index contributed by atoms with van der Waals surface area (Å²) in [7, 11) is 1.08. The Hall–Kier alpha value is -1.74. The van der Waals surface area contributed by atoms with Gasteiger partial charge in [-0.1, -0.05) is 23.2 Å². The third-order valence-electron chi connectivity index (χ3n) is 3.60. The minimum absolute atomic E-state index is 0.225. The van der Waals surface area contributed by atoms with Crippen molar-refractivity contribution in [3.63, 3.8) is 0 Å². The number of aryl methyl sites for hydroxylation is 3. The first-order chi connectivity index (χ1) is 11.5. The van der Waals surface area contributed by atoms with Gasteiger partial charge in [-0.15, -0.1) is 0 Å². The molecule has 0 spiro atoms. The second kappa shape index (κ2) is 7.25. The van der Waals surface area contributed by atoms with Crippen LogP contribution in [0.3, 0.4) is 0 Å². The molecule has 11 heteroatoms. The number of nitrogens with zero attached hydrogens (tertiary/aromatic N) is 4. The normalized spacial score (nSPS) is 11.8. The van der Waals surface area contributed by atoms with Gasteiger partial charge in [0.2, 0.25) is 0 Å². The summed E-state index contributed by atoms with van der Waals surface area (Å²) in [5.41, 5.74) is -0.0847. The maximum Gasteiger partial charge on any atom is 0.434 e. The molecular formula is C14H16Cl2F3N5O. The summed E-state index contributed by atoms with van der Waals surface area (Å²) in [6, 6.07) is 0. The van der Waals surface area contributed by atoms with Crippen molar-refractivity contribution in [1.82, 2.24) is 24.9 Å². The molecule has 0 aliphatic heterocycles. The van der Waals surface area contributed by atoms with E-state index in [2.05, 4.69) is 15.5 Å². The highest BCUT2D eigenvalue weighted by Gasteiger charge is 2.39. The number of alkyl halides is 3. The van der Waals surface area contributed by atoms with Crippen molar-refractivity contribution in [2.24, 2.45) is 7.05 Å². The van der Waals surface area contributed by atoms with Gasteiger partial charge in [0.05, 0.1) is 16.4 Å². The topological polar surface area (TPSA) is 64.7 Å². The second-order valence-corrected chi connectivity index (χ2v) is 6.21. The van der Waals surface area contributed by atoms with Crippen LogP contribution >= 0.6 is 23.2 Å². The van der Waals surface area contributed by atoms with Crippen molar-refractivity contribution in [2.75, 3.05) is 6.54 Å². The summed E-state index contributed by atoms with van der Waals surface area (Å²) in [6.45, 7) is 4.34. The van der Waals surface area contributed by atoms with E-state index < -0.39 is 28.5 Å². The minimum Gasteiger partial charge on any atom is -0.351 e. The van der Waals surface area contributed by atoms with Gasteiger partial charge in [-0.2, -0.15) is 23.4 Å². The summed E-state index contributed by atoms with van der Waals surface area (Å²) in [5.74, 6) is -0.762. The Morgan fingerprint density at radius 3 is 2.32 bits per heavy atom. The van der Waals surface area contributed by atoms with Crippen LogP contribution in [-0.2, 0) is 19.8 Å². The molecule has 2 aromatic rings. The van der Waals surface area contributed by atoms with Gasteiger partial charge in [0.25, 0.3) is 5.91 Å². The van der Waals surface area contributed by atoms with Gasteiger partial charge in [0.1, 0.15) is 5.02 Å². The maximum absolute atomic E-state index is 12.9. The number of aromatic nitrogens is 4. The smallest absolute Gasteiger partial charge is 0.351 e. The van der Waals surface area contributed by atoms with Crippen molar-refractivity contribution in [3.05, 3.63) is 32.8 Å². The fourth-order valence-corrected chi connectivity index (χ4v) is 2.85. The predicted molar refractivity (Wildman–Crippen MR) is 86.9 cm³/mol. The molecule has 1 amide bonds. The number of carbonyl (C=O) groups is 1. The first kappa shape index (κ1) is 19.6. The molecular weight excluding hydrogens is 382 g/mol. The van der Waals surface area contributed by atoms with E-state index in [1.165, 1.54) is 0 Å². The van der Waals surface area contributed by atoms with E-state index in [0.717, 1.165) is 12.7 Å². The average Bonchev–Trinajstić information content (AvgIpc) is 2.94. The summed E-state index contributed by atoms with van der Waals surface area (Å²) in [4.78, 5) is 12.0. The molecule has 138 valence electrons. The van der Waals surface area contributed by atoms with Crippen molar-refractivity contribution in [3.8, 4) is 0 Å². The number of hydrogen-bond acceptors (Lipinski definition) is 3. The minimum atomic E-state index is -4.69. The van der Waals surface area contributed by atoms with Gasteiger partial charge in [-0.3, -0.25) is 14.2 Å². The summed E-state index contributed by atoms with van der Waals surface area (Å²) in [5, 5.41) is 10.2. The lowest BCUT2D eigenvalue weighted by Gasteiger charge is -2.06. The first-order valence-corrected chi connectivity index (χ1v) is 8.07. The van der Waals surface area contributed by atoms with E-state index in [1.807, 2.05) is 6.92 Å². The Labute approximate surface area is 151 Å². The fraction of sp³-hybridized carbons (Fsp3) is 0.500. The predicted octanol–water partition coefficient (Wildman–Crippen LogP) is 3.38. The number of carbonyl (C=O) groups excluding carboxylic acids is 1. The summed E-state index contributed by atoms with van der Waals surface area (Å²) >= 11 is 11.7. The van der Waals surface area contributed by atoms with Crippen LogP contribution in [0.1, 0.15) is 34.0 Å². The molecule has 0 aliphatic carbocycles. The molecule has 0 saturated carbocycles. The molecule has 1 N–H and O–H groups in total. The molecule has 25 heavy (non-hydrogen) atoms. The standard InChI is InChI=1S/C14H16Cl2F3N5O/c1-7-9(15)8(2)24(21-7)6-4-5-20-13(25)11-10(16)12(14(17,18)19)23(3)22-11/h4-6H2,1-3H3,(H,20,25). The molecule has 0 bridgehead atoms. The summed E-state index contributed by atoms with van der Waals surface area (Å²) < 4.78 is 40.8. The van der Waals surface area contributed by atoms with Crippen LogP contribution in [0, 0.1) is 13.8 Å². The Morgan fingerprint density at radius 2 is 1.84 bits per heavy atom. The van der Waals surface area contributed by atoms with Gasteiger partial charge >= 0.3 is 6.18 Å². The number of amides is 1. The van der Waals surface area contributed by atoms with Crippen LogP contribution < -0.4 is 5.32 Å². The van der Waals surface area contributed by atoms with E-state index >= 15 is 0 Å².